The Hall–Kier alpha value is -0.860. The molecule has 3 nitrogen and oxygen atoms in total. The molecule has 0 unspecified atom stereocenters. The number of esters is 1. The van der Waals surface area contributed by atoms with Crippen LogP contribution in [0.5, 0.6) is 0 Å². The normalized spacial score (nSPS) is 50.3. The van der Waals surface area contributed by atoms with E-state index in [0.29, 0.717) is 16.7 Å². The Balaban J connectivity index is 1.59. The molecule has 0 aromatic carbocycles. The van der Waals surface area contributed by atoms with Gasteiger partial charge in [-0.2, -0.15) is 0 Å². The molecule has 0 spiro atoms. The zero-order chi connectivity index (χ0) is 18.7. The van der Waals surface area contributed by atoms with Gasteiger partial charge in [0.1, 0.15) is 0 Å². The fraction of sp³-hybridized carbons (Fsp3) is 0.913. The van der Waals surface area contributed by atoms with Gasteiger partial charge in [0.25, 0.3) is 0 Å². The van der Waals surface area contributed by atoms with E-state index < -0.39 is 5.60 Å². The number of fused-ring (bicyclic) bond motifs is 5. The van der Waals surface area contributed by atoms with E-state index in [1.165, 1.54) is 51.9 Å². The Morgan fingerprint density at radius 3 is 2.35 bits per heavy atom. The van der Waals surface area contributed by atoms with Crippen LogP contribution in [-0.4, -0.2) is 17.4 Å². The fourth-order valence-electron chi connectivity index (χ4n) is 7.98. The van der Waals surface area contributed by atoms with Crippen molar-refractivity contribution < 1.29 is 14.3 Å². The van der Waals surface area contributed by atoms with Gasteiger partial charge in [0, 0.05) is 6.92 Å². The summed E-state index contributed by atoms with van der Waals surface area (Å²) < 4.78 is 5.67. The number of carbonyl (C=O) groups excluding carboxylic acids is 2. The van der Waals surface area contributed by atoms with E-state index in [9.17, 15) is 9.59 Å². The molecule has 0 heterocycles. The van der Waals surface area contributed by atoms with E-state index in [1.807, 2.05) is 0 Å². The third-order valence-corrected chi connectivity index (χ3v) is 9.47. The van der Waals surface area contributed by atoms with Gasteiger partial charge < -0.3 is 4.74 Å². The lowest BCUT2D eigenvalue weighted by Crippen LogP contribution is -2.57. The van der Waals surface area contributed by atoms with Crippen molar-refractivity contribution in [2.75, 3.05) is 0 Å². The Kier molecular flexibility index (Phi) is 4.32. The monoisotopic (exact) mass is 360 g/mol. The molecule has 4 aliphatic rings. The van der Waals surface area contributed by atoms with Gasteiger partial charge in [-0.3, -0.25) is 9.59 Å². The summed E-state index contributed by atoms with van der Waals surface area (Å²) in [7, 11) is 0. The lowest BCUT2D eigenvalue weighted by Gasteiger charge is -2.61. The van der Waals surface area contributed by atoms with Crippen LogP contribution < -0.4 is 0 Å². The molecule has 0 aliphatic heterocycles. The summed E-state index contributed by atoms with van der Waals surface area (Å²) in [5.74, 6) is 2.87. The summed E-state index contributed by atoms with van der Waals surface area (Å²) in [6, 6.07) is 0. The molecule has 4 aliphatic carbocycles. The molecule has 0 saturated heterocycles. The van der Waals surface area contributed by atoms with Crippen molar-refractivity contribution in [3.05, 3.63) is 0 Å². The zero-order valence-electron chi connectivity index (χ0n) is 17.1. The lowest BCUT2D eigenvalue weighted by atomic mass is 9.44. The van der Waals surface area contributed by atoms with Crippen molar-refractivity contribution in [3.63, 3.8) is 0 Å². The molecule has 4 rings (SSSR count). The highest BCUT2D eigenvalue weighted by Gasteiger charge is 2.60. The molecule has 0 aromatic rings. The van der Waals surface area contributed by atoms with Crippen LogP contribution in [0.1, 0.15) is 91.9 Å². The minimum Gasteiger partial charge on any atom is -0.451 e. The topological polar surface area (TPSA) is 43.4 Å². The van der Waals surface area contributed by atoms with E-state index in [4.69, 9.17) is 4.74 Å². The second-order valence-electron chi connectivity index (χ2n) is 10.6. The SMILES string of the molecule is CC(=O)O[C@]1(C(C)=O)CC[C@@]2(C)[C@@H](CC[C@@H]3[C@H]4CCC[C@@]4(C)CC[C@@H]32)C1. The van der Waals surface area contributed by atoms with Gasteiger partial charge in [0.15, 0.2) is 11.4 Å². The summed E-state index contributed by atoms with van der Waals surface area (Å²) in [6.07, 6.45) is 12.1. The highest BCUT2D eigenvalue weighted by molar-refractivity contribution is 5.87. The number of ether oxygens (including phenoxy) is 1. The second-order valence-corrected chi connectivity index (χ2v) is 10.6. The van der Waals surface area contributed by atoms with Crippen LogP contribution in [0.4, 0.5) is 0 Å². The minimum atomic E-state index is -0.848. The lowest BCUT2D eigenvalue weighted by molar-refractivity contribution is -0.186. The number of carbonyl (C=O) groups is 2. The van der Waals surface area contributed by atoms with Crippen molar-refractivity contribution in [2.24, 2.45) is 34.5 Å². The molecule has 4 fully saturated rings. The van der Waals surface area contributed by atoms with E-state index in [2.05, 4.69) is 13.8 Å². The predicted molar refractivity (Wildman–Crippen MR) is 102 cm³/mol. The van der Waals surface area contributed by atoms with Gasteiger partial charge in [-0.1, -0.05) is 20.3 Å². The molecule has 0 amide bonds. The van der Waals surface area contributed by atoms with Crippen LogP contribution >= 0.6 is 0 Å². The first-order valence-corrected chi connectivity index (χ1v) is 10.9. The molecule has 0 bridgehead atoms. The van der Waals surface area contributed by atoms with Crippen LogP contribution in [0.3, 0.4) is 0 Å². The second kappa shape index (κ2) is 6.07. The Morgan fingerprint density at radius 2 is 1.65 bits per heavy atom. The van der Waals surface area contributed by atoms with Gasteiger partial charge in [-0.15, -0.1) is 0 Å². The van der Waals surface area contributed by atoms with Crippen LogP contribution in [-0.2, 0) is 14.3 Å². The highest BCUT2D eigenvalue weighted by Crippen LogP contribution is 2.67. The molecule has 3 heteroatoms. The molecule has 0 N–H and O–H groups in total. The number of hydrogen-bond donors (Lipinski definition) is 0. The summed E-state index contributed by atoms with van der Waals surface area (Å²) in [6.45, 7) is 8.11. The van der Waals surface area contributed by atoms with Gasteiger partial charge in [0.2, 0.25) is 0 Å². The summed E-state index contributed by atoms with van der Waals surface area (Å²) in [5, 5.41) is 0. The van der Waals surface area contributed by atoms with Gasteiger partial charge in [-0.05, 0) is 99.2 Å². The predicted octanol–water partition coefficient (Wildman–Crippen LogP) is 5.31. The Bertz CT molecular complexity index is 613. The number of Topliss-reactive ketones (excluding diaryl/α,β-unsaturated/α-hetero) is 1. The van der Waals surface area contributed by atoms with Crippen LogP contribution in [0.25, 0.3) is 0 Å². The number of rotatable bonds is 2. The fourth-order valence-corrected chi connectivity index (χ4v) is 7.98. The number of ketones is 1. The first-order chi connectivity index (χ1) is 12.2. The third kappa shape index (κ3) is 2.59. The van der Waals surface area contributed by atoms with E-state index in [0.717, 1.165) is 37.0 Å². The molecule has 146 valence electrons. The largest absolute Gasteiger partial charge is 0.451 e. The third-order valence-electron chi connectivity index (χ3n) is 9.47. The van der Waals surface area contributed by atoms with Crippen LogP contribution in [0.15, 0.2) is 0 Å². The molecular formula is C23H36O3. The molecule has 0 aromatic heterocycles. The van der Waals surface area contributed by atoms with E-state index in [-0.39, 0.29) is 11.8 Å². The molecule has 4 saturated carbocycles. The van der Waals surface area contributed by atoms with Crippen LogP contribution in [0.2, 0.25) is 0 Å². The van der Waals surface area contributed by atoms with Crippen molar-refractivity contribution in [1.29, 1.82) is 0 Å². The molecule has 7 atom stereocenters. The smallest absolute Gasteiger partial charge is 0.303 e. The molecule has 26 heavy (non-hydrogen) atoms. The van der Waals surface area contributed by atoms with Crippen LogP contribution in [0, 0.1) is 34.5 Å². The first-order valence-electron chi connectivity index (χ1n) is 10.9. The minimum absolute atomic E-state index is 0.0453. The molecular weight excluding hydrogens is 324 g/mol. The van der Waals surface area contributed by atoms with E-state index in [1.54, 1.807) is 6.92 Å². The number of hydrogen-bond acceptors (Lipinski definition) is 3. The maximum atomic E-state index is 12.4. The van der Waals surface area contributed by atoms with Gasteiger partial charge in [-0.25, -0.2) is 0 Å². The maximum Gasteiger partial charge on any atom is 0.303 e. The van der Waals surface area contributed by atoms with Crippen molar-refractivity contribution in [3.8, 4) is 0 Å². The Morgan fingerprint density at radius 1 is 0.885 bits per heavy atom. The zero-order valence-corrected chi connectivity index (χ0v) is 17.1. The summed E-state index contributed by atoms with van der Waals surface area (Å²) in [5.41, 5.74) is 0.0746. The standard InChI is InChI=1S/C23H36O3/c1-15(24)23(26-16(2)25)13-12-22(4)17(14-23)7-8-18-19-6-5-10-21(19,3)11-9-20(18)22/h17-20H,5-14H2,1-4H3/t17-,18+,19+,20-,21-,22-,23+/m0/s1. The highest BCUT2D eigenvalue weighted by atomic mass is 16.6. The quantitative estimate of drug-likeness (QED) is 0.627. The van der Waals surface area contributed by atoms with Crippen molar-refractivity contribution in [2.45, 2.75) is 97.5 Å². The summed E-state index contributed by atoms with van der Waals surface area (Å²) >= 11 is 0. The average molecular weight is 361 g/mol. The van der Waals surface area contributed by atoms with Crippen molar-refractivity contribution in [1.82, 2.24) is 0 Å². The maximum absolute atomic E-state index is 12.4. The average Bonchev–Trinajstić information content (AvgIpc) is 2.96. The van der Waals surface area contributed by atoms with E-state index >= 15 is 0 Å². The van der Waals surface area contributed by atoms with Crippen molar-refractivity contribution >= 4 is 11.8 Å². The summed E-state index contributed by atoms with van der Waals surface area (Å²) in [4.78, 5) is 24.1. The Labute approximate surface area is 158 Å². The van der Waals surface area contributed by atoms with Gasteiger partial charge in [0.05, 0.1) is 0 Å². The van der Waals surface area contributed by atoms with Gasteiger partial charge >= 0.3 is 5.97 Å². The molecule has 0 radical (unpaired) electrons. The first kappa shape index (κ1) is 18.5.